The Balaban J connectivity index is 1.64. The van der Waals surface area contributed by atoms with Crippen molar-refractivity contribution in [2.45, 2.75) is 12.8 Å². The lowest BCUT2D eigenvalue weighted by atomic mass is 10.0. The predicted molar refractivity (Wildman–Crippen MR) is 84.0 cm³/mol. The Morgan fingerprint density at radius 3 is 2.48 bits per heavy atom. The van der Waals surface area contributed by atoms with Crippen LogP contribution in [-0.2, 0) is 0 Å². The van der Waals surface area contributed by atoms with Crippen molar-refractivity contribution in [1.29, 1.82) is 0 Å². The van der Waals surface area contributed by atoms with Crippen LogP contribution < -0.4 is 14.8 Å². The van der Waals surface area contributed by atoms with Crippen LogP contribution in [0.4, 0.5) is 0 Å². The third-order valence-electron chi connectivity index (χ3n) is 3.69. The molecule has 1 saturated heterocycles. The van der Waals surface area contributed by atoms with Crippen LogP contribution in [0.2, 0.25) is 0 Å². The van der Waals surface area contributed by atoms with Crippen molar-refractivity contribution in [3.63, 3.8) is 0 Å². The minimum atomic E-state index is 0.587. The van der Waals surface area contributed by atoms with Crippen LogP contribution in [-0.4, -0.2) is 19.7 Å². The minimum Gasteiger partial charge on any atom is -0.489 e. The molecule has 0 aliphatic carbocycles. The average molecular weight is 283 g/mol. The molecule has 3 rings (SSSR count). The highest BCUT2D eigenvalue weighted by Crippen LogP contribution is 2.31. The number of para-hydroxylation sites is 3. The Hall–Kier alpha value is -2.00. The third kappa shape index (κ3) is 3.99. The number of hydrogen-bond acceptors (Lipinski definition) is 3. The van der Waals surface area contributed by atoms with Gasteiger partial charge in [0.2, 0.25) is 0 Å². The van der Waals surface area contributed by atoms with Gasteiger partial charge in [0.25, 0.3) is 0 Å². The van der Waals surface area contributed by atoms with Gasteiger partial charge < -0.3 is 14.8 Å². The molecule has 1 fully saturated rings. The predicted octanol–water partition coefficient (Wildman–Crippen LogP) is 3.86. The van der Waals surface area contributed by atoms with Crippen LogP contribution in [0.1, 0.15) is 12.8 Å². The van der Waals surface area contributed by atoms with Gasteiger partial charge in [0.05, 0.1) is 6.61 Å². The first-order valence-corrected chi connectivity index (χ1v) is 7.57. The summed E-state index contributed by atoms with van der Waals surface area (Å²) in [6.45, 7) is 2.91. The fraction of sp³-hybridized carbons (Fsp3) is 0.333. The second-order valence-corrected chi connectivity index (χ2v) is 5.39. The number of nitrogens with one attached hydrogen (secondary N) is 1. The van der Waals surface area contributed by atoms with Crippen LogP contribution in [0.3, 0.4) is 0 Å². The Morgan fingerprint density at radius 1 is 0.952 bits per heavy atom. The van der Waals surface area contributed by atoms with Gasteiger partial charge in [-0.15, -0.1) is 0 Å². The molecule has 0 radical (unpaired) electrons. The normalized spacial score (nSPS) is 18.2. The Labute approximate surface area is 125 Å². The molecule has 2 aromatic carbocycles. The monoisotopic (exact) mass is 283 g/mol. The van der Waals surface area contributed by atoms with Crippen LogP contribution in [0.15, 0.2) is 54.6 Å². The van der Waals surface area contributed by atoms with E-state index >= 15 is 0 Å². The summed E-state index contributed by atoms with van der Waals surface area (Å²) in [4.78, 5) is 0. The molecular formula is C18H21NO2. The summed E-state index contributed by atoms with van der Waals surface area (Å²) in [6.07, 6.45) is 2.46. The fourth-order valence-electron chi connectivity index (χ4n) is 2.54. The van der Waals surface area contributed by atoms with E-state index in [1.54, 1.807) is 0 Å². The lowest BCUT2D eigenvalue weighted by molar-refractivity contribution is 0.213. The fourth-order valence-corrected chi connectivity index (χ4v) is 2.54. The quantitative estimate of drug-likeness (QED) is 0.904. The molecular weight excluding hydrogens is 262 g/mol. The number of ether oxygens (including phenoxy) is 2. The molecule has 110 valence electrons. The standard InChI is InChI=1S/C18H21NO2/c1-2-8-16(9-3-1)21-18-11-5-4-10-17(18)20-14-15-7-6-12-19-13-15/h1-5,8-11,15,19H,6-7,12-14H2. The van der Waals surface area contributed by atoms with E-state index in [0.717, 1.165) is 36.9 Å². The summed E-state index contributed by atoms with van der Waals surface area (Å²) in [5, 5.41) is 3.41. The van der Waals surface area contributed by atoms with Crippen LogP contribution in [0.25, 0.3) is 0 Å². The van der Waals surface area contributed by atoms with Gasteiger partial charge in [0.1, 0.15) is 5.75 Å². The maximum Gasteiger partial charge on any atom is 0.169 e. The summed E-state index contributed by atoms with van der Waals surface area (Å²) in [5.74, 6) is 3.00. The highest BCUT2D eigenvalue weighted by molar-refractivity contribution is 5.42. The van der Waals surface area contributed by atoms with Crippen molar-refractivity contribution in [1.82, 2.24) is 5.32 Å². The van der Waals surface area contributed by atoms with Crippen molar-refractivity contribution >= 4 is 0 Å². The first-order valence-electron chi connectivity index (χ1n) is 7.57. The van der Waals surface area contributed by atoms with Gasteiger partial charge in [-0.05, 0) is 43.7 Å². The van der Waals surface area contributed by atoms with E-state index < -0.39 is 0 Å². The van der Waals surface area contributed by atoms with Gasteiger partial charge >= 0.3 is 0 Å². The Kier molecular flexibility index (Phi) is 4.74. The molecule has 1 atom stereocenters. The smallest absolute Gasteiger partial charge is 0.169 e. The van der Waals surface area contributed by atoms with E-state index in [4.69, 9.17) is 9.47 Å². The molecule has 1 aliphatic rings. The van der Waals surface area contributed by atoms with Crippen molar-refractivity contribution < 1.29 is 9.47 Å². The largest absolute Gasteiger partial charge is 0.489 e. The molecule has 0 bridgehead atoms. The van der Waals surface area contributed by atoms with E-state index in [1.165, 1.54) is 12.8 Å². The molecule has 1 unspecified atom stereocenters. The molecule has 0 saturated carbocycles. The number of rotatable bonds is 5. The van der Waals surface area contributed by atoms with E-state index in [1.807, 2.05) is 54.6 Å². The van der Waals surface area contributed by atoms with Crippen molar-refractivity contribution in [3.8, 4) is 17.2 Å². The van der Waals surface area contributed by atoms with Crippen molar-refractivity contribution in [2.75, 3.05) is 19.7 Å². The number of benzene rings is 2. The van der Waals surface area contributed by atoms with E-state index in [0.29, 0.717) is 5.92 Å². The van der Waals surface area contributed by atoms with Crippen LogP contribution >= 0.6 is 0 Å². The molecule has 1 N–H and O–H groups in total. The summed E-state index contributed by atoms with van der Waals surface area (Å²) < 4.78 is 11.9. The molecule has 0 spiro atoms. The van der Waals surface area contributed by atoms with Gasteiger partial charge in [-0.2, -0.15) is 0 Å². The third-order valence-corrected chi connectivity index (χ3v) is 3.69. The maximum atomic E-state index is 5.98. The van der Waals surface area contributed by atoms with Gasteiger partial charge in [0.15, 0.2) is 11.5 Å². The zero-order chi connectivity index (χ0) is 14.3. The lowest BCUT2D eigenvalue weighted by Crippen LogP contribution is -2.33. The topological polar surface area (TPSA) is 30.5 Å². The summed E-state index contributed by atoms with van der Waals surface area (Å²) >= 11 is 0. The van der Waals surface area contributed by atoms with E-state index in [9.17, 15) is 0 Å². The second-order valence-electron chi connectivity index (χ2n) is 5.39. The Morgan fingerprint density at radius 2 is 1.71 bits per heavy atom. The van der Waals surface area contributed by atoms with Gasteiger partial charge in [-0.25, -0.2) is 0 Å². The zero-order valence-electron chi connectivity index (χ0n) is 12.1. The molecule has 2 aromatic rings. The van der Waals surface area contributed by atoms with E-state index in [2.05, 4.69) is 5.32 Å². The van der Waals surface area contributed by atoms with Crippen LogP contribution in [0.5, 0.6) is 17.2 Å². The summed E-state index contributed by atoms with van der Waals surface area (Å²) in [5.41, 5.74) is 0. The second kappa shape index (κ2) is 7.14. The molecule has 3 heteroatoms. The van der Waals surface area contributed by atoms with Gasteiger partial charge in [0, 0.05) is 12.5 Å². The SMILES string of the molecule is c1ccc(Oc2ccccc2OCC2CCCNC2)cc1. The molecule has 1 aliphatic heterocycles. The minimum absolute atomic E-state index is 0.587. The first kappa shape index (κ1) is 14.0. The molecule has 1 heterocycles. The molecule has 0 aromatic heterocycles. The molecule has 3 nitrogen and oxygen atoms in total. The highest BCUT2D eigenvalue weighted by atomic mass is 16.5. The number of piperidine rings is 1. The first-order chi connectivity index (χ1) is 10.4. The lowest BCUT2D eigenvalue weighted by Gasteiger charge is -2.23. The Bertz CT molecular complexity index is 550. The summed E-state index contributed by atoms with van der Waals surface area (Å²) in [6, 6.07) is 17.7. The van der Waals surface area contributed by atoms with Crippen molar-refractivity contribution in [3.05, 3.63) is 54.6 Å². The van der Waals surface area contributed by atoms with E-state index in [-0.39, 0.29) is 0 Å². The van der Waals surface area contributed by atoms with Crippen LogP contribution in [0, 0.1) is 5.92 Å². The van der Waals surface area contributed by atoms with Crippen molar-refractivity contribution in [2.24, 2.45) is 5.92 Å². The summed E-state index contributed by atoms with van der Waals surface area (Å²) in [7, 11) is 0. The maximum absolute atomic E-state index is 5.98. The molecule has 0 amide bonds. The van der Waals surface area contributed by atoms with Gasteiger partial charge in [-0.1, -0.05) is 30.3 Å². The number of hydrogen-bond donors (Lipinski definition) is 1. The zero-order valence-corrected chi connectivity index (χ0v) is 12.1. The van der Waals surface area contributed by atoms with Gasteiger partial charge in [-0.3, -0.25) is 0 Å². The average Bonchev–Trinajstić information content (AvgIpc) is 2.56. The molecule has 21 heavy (non-hydrogen) atoms. The highest BCUT2D eigenvalue weighted by Gasteiger charge is 2.14.